The molecular weight excluding hydrogens is 448 g/mol. The van der Waals surface area contributed by atoms with Gasteiger partial charge in [-0.2, -0.15) is 0 Å². The van der Waals surface area contributed by atoms with Crippen LogP contribution in [-0.4, -0.2) is 57.8 Å². The van der Waals surface area contributed by atoms with Crippen molar-refractivity contribution < 1.29 is 14.3 Å². The van der Waals surface area contributed by atoms with Crippen molar-refractivity contribution in [3.8, 4) is 16.9 Å². The normalized spacial score (nSPS) is 15.8. The van der Waals surface area contributed by atoms with Crippen LogP contribution in [0, 0.1) is 0 Å². The van der Waals surface area contributed by atoms with Crippen molar-refractivity contribution in [1.82, 2.24) is 4.90 Å². The van der Waals surface area contributed by atoms with Crippen LogP contribution in [-0.2, 0) is 14.9 Å². The second-order valence-electron chi connectivity index (χ2n) is 9.50. The molecular formula is C31H38N2O3. The van der Waals surface area contributed by atoms with Gasteiger partial charge in [0, 0.05) is 31.9 Å². The van der Waals surface area contributed by atoms with Crippen LogP contribution in [0.25, 0.3) is 11.1 Å². The van der Waals surface area contributed by atoms with Crippen molar-refractivity contribution in [2.45, 2.75) is 31.6 Å². The fourth-order valence-electron chi connectivity index (χ4n) is 5.32. The molecule has 1 heterocycles. The summed E-state index contributed by atoms with van der Waals surface area (Å²) < 4.78 is 10.5. The van der Waals surface area contributed by atoms with Crippen molar-refractivity contribution in [1.29, 1.82) is 0 Å². The molecule has 4 rings (SSSR count). The van der Waals surface area contributed by atoms with E-state index in [0.29, 0.717) is 0 Å². The maximum atomic E-state index is 12.8. The minimum Gasteiger partial charge on any atom is -0.497 e. The van der Waals surface area contributed by atoms with Crippen LogP contribution in [0.3, 0.4) is 0 Å². The number of nitrogens with zero attached hydrogens (tertiary/aromatic N) is 2. The van der Waals surface area contributed by atoms with Crippen molar-refractivity contribution in [3.63, 3.8) is 0 Å². The summed E-state index contributed by atoms with van der Waals surface area (Å²) >= 11 is 0. The van der Waals surface area contributed by atoms with Gasteiger partial charge in [-0.15, -0.1) is 0 Å². The number of hydrogen-bond donors (Lipinski definition) is 0. The van der Waals surface area contributed by atoms with E-state index in [2.05, 4.69) is 65.3 Å². The number of ether oxygens (including phenoxy) is 2. The zero-order valence-electron chi connectivity index (χ0n) is 21.8. The van der Waals surface area contributed by atoms with Gasteiger partial charge in [0.15, 0.2) is 0 Å². The highest BCUT2D eigenvalue weighted by molar-refractivity contribution is 5.83. The van der Waals surface area contributed by atoms with Crippen LogP contribution in [0.15, 0.2) is 78.9 Å². The van der Waals surface area contributed by atoms with Crippen LogP contribution in [0.2, 0.25) is 0 Å². The molecule has 1 unspecified atom stereocenters. The van der Waals surface area contributed by atoms with E-state index in [9.17, 15) is 4.79 Å². The van der Waals surface area contributed by atoms with Gasteiger partial charge in [0.25, 0.3) is 0 Å². The molecule has 0 aliphatic carbocycles. The molecule has 3 aromatic rings. The van der Waals surface area contributed by atoms with Crippen LogP contribution in [0.4, 0.5) is 5.69 Å². The summed E-state index contributed by atoms with van der Waals surface area (Å²) in [7, 11) is 3.19. The molecule has 0 radical (unpaired) electrons. The highest BCUT2D eigenvalue weighted by atomic mass is 16.5. The number of rotatable bonds is 10. The third kappa shape index (κ3) is 5.73. The second kappa shape index (κ2) is 12.1. The maximum Gasteiger partial charge on any atom is 0.316 e. The highest BCUT2D eigenvalue weighted by Gasteiger charge is 2.39. The summed E-state index contributed by atoms with van der Waals surface area (Å²) in [5.74, 6) is 0.748. The molecule has 36 heavy (non-hydrogen) atoms. The van der Waals surface area contributed by atoms with Crippen LogP contribution < -0.4 is 9.64 Å². The van der Waals surface area contributed by atoms with Gasteiger partial charge in [0.1, 0.15) is 5.75 Å². The second-order valence-corrected chi connectivity index (χ2v) is 9.50. The smallest absolute Gasteiger partial charge is 0.316 e. The molecule has 5 heteroatoms. The lowest BCUT2D eigenvalue weighted by Crippen LogP contribution is -2.47. The van der Waals surface area contributed by atoms with E-state index >= 15 is 0 Å². The average molecular weight is 487 g/mol. The Bertz CT molecular complexity index is 1090. The fourth-order valence-corrected chi connectivity index (χ4v) is 5.32. The van der Waals surface area contributed by atoms with Gasteiger partial charge in [-0.3, -0.25) is 9.69 Å². The molecule has 0 saturated carbocycles. The number of anilines is 1. The lowest BCUT2D eigenvalue weighted by Gasteiger charge is -2.37. The number of esters is 1. The summed E-state index contributed by atoms with van der Waals surface area (Å²) in [5, 5.41) is 0. The predicted molar refractivity (Wildman–Crippen MR) is 147 cm³/mol. The van der Waals surface area contributed by atoms with Gasteiger partial charge in [-0.05, 0) is 66.8 Å². The minimum atomic E-state index is -0.566. The summed E-state index contributed by atoms with van der Waals surface area (Å²) in [4.78, 5) is 17.8. The zero-order chi connectivity index (χ0) is 25.4. The summed E-state index contributed by atoms with van der Waals surface area (Å²) in [6.07, 6.45) is 2.51. The van der Waals surface area contributed by atoms with Gasteiger partial charge in [-0.1, -0.05) is 61.5 Å². The number of carbonyl (C=O) groups excluding carboxylic acids is 1. The van der Waals surface area contributed by atoms with Crippen molar-refractivity contribution in [2.75, 3.05) is 51.8 Å². The topological polar surface area (TPSA) is 42.0 Å². The van der Waals surface area contributed by atoms with Crippen LogP contribution in [0.5, 0.6) is 5.75 Å². The van der Waals surface area contributed by atoms with E-state index in [1.54, 1.807) is 7.11 Å². The Morgan fingerprint density at radius 2 is 1.44 bits per heavy atom. The van der Waals surface area contributed by atoms with E-state index in [1.165, 1.54) is 23.9 Å². The zero-order valence-corrected chi connectivity index (χ0v) is 21.8. The molecule has 1 saturated heterocycles. The monoisotopic (exact) mass is 486 g/mol. The number of methoxy groups -OCH3 is 2. The molecule has 0 amide bonds. The van der Waals surface area contributed by atoms with Crippen molar-refractivity contribution in [2.24, 2.45) is 0 Å². The molecule has 0 bridgehead atoms. The van der Waals surface area contributed by atoms with Crippen molar-refractivity contribution in [3.05, 3.63) is 84.4 Å². The molecule has 190 valence electrons. The summed E-state index contributed by atoms with van der Waals surface area (Å²) in [6.45, 7) is 7.16. The highest BCUT2D eigenvalue weighted by Crippen LogP contribution is 2.34. The Morgan fingerprint density at radius 1 is 0.833 bits per heavy atom. The summed E-state index contributed by atoms with van der Waals surface area (Å²) in [5.41, 5.74) is 4.17. The fraction of sp³-hybridized carbons (Fsp3) is 0.387. The number of benzene rings is 3. The molecule has 0 N–H and O–H groups in total. The number of carbonyl (C=O) groups is 1. The Labute approximate surface area is 215 Å². The Kier molecular flexibility index (Phi) is 8.65. The van der Waals surface area contributed by atoms with E-state index in [-0.39, 0.29) is 5.97 Å². The van der Waals surface area contributed by atoms with Crippen LogP contribution >= 0.6 is 0 Å². The lowest BCUT2D eigenvalue weighted by molar-refractivity contribution is -0.148. The molecule has 1 aliphatic heterocycles. The van der Waals surface area contributed by atoms with E-state index in [4.69, 9.17) is 9.47 Å². The maximum absolute atomic E-state index is 12.8. The van der Waals surface area contributed by atoms with Crippen LogP contribution in [0.1, 0.15) is 31.7 Å². The van der Waals surface area contributed by atoms with Crippen molar-refractivity contribution >= 4 is 11.7 Å². The van der Waals surface area contributed by atoms with Gasteiger partial charge in [-0.25, -0.2) is 0 Å². The van der Waals surface area contributed by atoms with E-state index in [0.717, 1.165) is 63.3 Å². The molecule has 0 aromatic heterocycles. The Morgan fingerprint density at radius 3 is 2.00 bits per heavy atom. The first-order chi connectivity index (χ1) is 17.6. The quantitative estimate of drug-likeness (QED) is 0.340. The standard InChI is InChI=1S/C31H38N2O3/c1-4-31(30(34)36-3,27-9-6-5-7-10-27)19-8-20-32-21-23-33(24-22-32)28-15-11-25(12-16-28)26-13-17-29(35-2)18-14-26/h5-7,9-18H,4,8,19-24H2,1-3H3. The van der Waals surface area contributed by atoms with Gasteiger partial charge in [0.05, 0.1) is 19.6 Å². The first kappa shape index (κ1) is 25.8. The van der Waals surface area contributed by atoms with E-state index < -0.39 is 5.41 Å². The van der Waals surface area contributed by atoms with E-state index in [1.807, 2.05) is 30.3 Å². The first-order valence-electron chi connectivity index (χ1n) is 13.0. The number of hydrogen-bond acceptors (Lipinski definition) is 5. The average Bonchev–Trinajstić information content (AvgIpc) is 2.96. The Balaban J connectivity index is 1.30. The predicted octanol–water partition coefficient (Wildman–Crippen LogP) is 5.79. The summed E-state index contributed by atoms with van der Waals surface area (Å²) in [6, 6.07) is 27.1. The van der Waals surface area contributed by atoms with Gasteiger partial charge < -0.3 is 14.4 Å². The lowest BCUT2D eigenvalue weighted by atomic mass is 9.74. The Hall–Kier alpha value is -3.31. The molecule has 1 aliphatic rings. The third-order valence-corrected chi connectivity index (χ3v) is 7.61. The molecule has 1 atom stereocenters. The molecule has 1 fully saturated rings. The third-order valence-electron chi connectivity index (χ3n) is 7.61. The SMILES string of the molecule is CCC(CCCN1CCN(c2ccc(-c3ccc(OC)cc3)cc2)CC1)(C(=O)OC)c1ccccc1. The minimum absolute atomic E-state index is 0.126. The molecule has 5 nitrogen and oxygen atoms in total. The first-order valence-corrected chi connectivity index (χ1v) is 13.0. The largest absolute Gasteiger partial charge is 0.497 e. The van der Waals surface area contributed by atoms with Gasteiger partial charge in [0.2, 0.25) is 0 Å². The van der Waals surface area contributed by atoms with Gasteiger partial charge >= 0.3 is 5.97 Å². The number of piperazine rings is 1. The molecule has 0 spiro atoms. The molecule has 3 aromatic carbocycles.